The van der Waals surface area contributed by atoms with Crippen LogP contribution >= 0.6 is 22.7 Å². The van der Waals surface area contributed by atoms with Crippen molar-refractivity contribution < 1.29 is 13.4 Å². The minimum Gasteiger partial charge on any atom is -0.296 e. The zero-order chi connectivity index (χ0) is 19.7. The highest BCUT2D eigenvalue weighted by atomic mass is 32.2. The number of aryl methyl sites for hydroxylation is 1. The zero-order valence-corrected chi connectivity index (χ0v) is 17.3. The van der Waals surface area contributed by atoms with Crippen molar-refractivity contribution >= 4 is 44.7 Å². The molecule has 1 aromatic carbocycles. The number of hydrogen-bond acceptors (Lipinski definition) is 6. The molecule has 1 amide bonds. The molecule has 28 heavy (non-hydrogen) atoms. The van der Waals surface area contributed by atoms with Gasteiger partial charge >= 0.3 is 0 Å². The lowest BCUT2D eigenvalue weighted by Gasteiger charge is -2.07. The van der Waals surface area contributed by atoms with Gasteiger partial charge in [0.05, 0.1) is 15.3 Å². The molecule has 1 fully saturated rings. The summed E-state index contributed by atoms with van der Waals surface area (Å²) in [5.74, 6) is -0.769. The van der Waals surface area contributed by atoms with Crippen LogP contribution < -0.4 is 10.0 Å². The number of halogens is 1. The third-order valence-corrected chi connectivity index (χ3v) is 7.42. The van der Waals surface area contributed by atoms with Gasteiger partial charge in [-0.25, -0.2) is 13.3 Å². The van der Waals surface area contributed by atoms with Gasteiger partial charge in [-0.05, 0) is 60.9 Å². The Hall–Kier alpha value is -2.01. The molecule has 10 heteroatoms. The van der Waals surface area contributed by atoms with Crippen LogP contribution in [0.15, 0.2) is 34.5 Å². The Kier molecular flexibility index (Phi) is 5.63. The Bertz CT molecular complexity index is 1050. The van der Waals surface area contributed by atoms with Crippen molar-refractivity contribution in [3.63, 3.8) is 0 Å². The van der Waals surface area contributed by atoms with Gasteiger partial charge < -0.3 is 0 Å². The van der Waals surface area contributed by atoms with E-state index in [4.69, 9.17) is 0 Å². The first kappa shape index (κ1) is 19.3. The standard InChI is InChI=1S/C18H17FN4O2S3/c1-10-6-7-26-15(10)17-22-23-18(27-17)21-16(24)13-8-12(4-5-14(13)19)28(25)20-9-11-2-3-11/h4-8,11,20H,2-3,9H2,1H3,(H,21,23,24). The predicted octanol–water partition coefficient (Wildman–Crippen LogP) is 3.99. The highest BCUT2D eigenvalue weighted by Gasteiger charge is 2.22. The lowest BCUT2D eigenvalue weighted by molar-refractivity contribution is 0.102. The summed E-state index contributed by atoms with van der Waals surface area (Å²) in [4.78, 5) is 13.9. The van der Waals surface area contributed by atoms with Crippen LogP contribution in [-0.4, -0.2) is 26.9 Å². The van der Waals surface area contributed by atoms with Gasteiger partial charge in [-0.2, -0.15) is 0 Å². The molecule has 1 aliphatic rings. The summed E-state index contributed by atoms with van der Waals surface area (Å²) in [6.07, 6.45) is 2.27. The van der Waals surface area contributed by atoms with Crippen molar-refractivity contribution in [1.82, 2.24) is 14.9 Å². The Morgan fingerprint density at radius 3 is 2.86 bits per heavy atom. The molecule has 1 atom stereocenters. The molecule has 0 aliphatic heterocycles. The van der Waals surface area contributed by atoms with Crippen LogP contribution in [0.25, 0.3) is 9.88 Å². The SMILES string of the molecule is Cc1ccsc1-c1nnc(NC(=O)c2cc(S(=O)NCC3CC3)ccc2F)s1. The van der Waals surface area contributed by atoms with E-state index in [1.807, 2.05) is 18.4 Å². The number of nitrogens with one attached hydrogen (secondary N) is 2. The van der Waals surface area contributed by atoms with Crippen molar-refractivity contribution in [2.45, 2.75) is 24.7 Å². The van der Waals surface area contributed by atoms with Crippen LogP contribution in [0.2, 0.25) is 0 Å². The fraction of sp³-hybridized carbons (Fsp3) is 0.278. The maximum Gasteiger partial charge on any atom is 0.260 e. The van der Waals surface area contributed by atoms with Gasteiger partial charge in [0.15, 0.2) is 5.01 Å². The molecule has 1 aliphatic carbocycles. The lowest BCUT2D eigenvalue weighted by Crippen LogP contribution is -2.21. The van der Waals surface area contributed by atoms with Crippen LogP contribution in [0.3, 0.4) is 0 Å². The third-order valence-electron chi connectivity index (χ3n) is 4.30. The van der Waals surface area contributed by atoms with Gasteiger partial charge in [-0.15, -0.1) is 21.5 Å². The molecule has 3 aromatic rings. The van der Waals surface area contributed by atoms with E-state index in [2.05, 4.69) is 20.2 Å². The summed E-state index contributed by atoms with van der Waals surface area (Å²) >= 11 is 2.77. The van der Waals surface area contributed by atoms with E-state index in [9.17, 15) is 13.4 Å². The second-order valence-corrected chi connectivity index (χ2v) is 9.69. The zero-order valence-electron chi connectivity index (χ0n) is 14.9. The van der Waals surface area contributed by atoms with Crippen molar-refractivity contribution in [2.75, 3.05) is 11.9 Å². The van der Waals surface area contributed by atoms with E-state index in [1.165, 1.54) is 23.5 Å². The molecular formula is C18H17FN4O2S3. The third kappa shape index (κ3) is 4.35. The van der Waals surface area contributed by atoms with Gasteiger partial charge in [0.25, 0.3) is 5.91 Å². The molecule has 1 saturated carbocycles. The monoisotopic (exact) mass is 436 g/mol. The molecule has 2 heterocycles. The fourth-order valence-corrected chi connectivity index (χ4v) is 5.30. The first-order valence-corrected chi connectivity index (χ1v) is 11.5. The lowest BCUT2D eigenvalue weighted by atomic mass is 10.2. The number of anilines is 1. The number of carbonyl (C=O) groups excluding carboxylic acids is 1. The number of rotatable bonds is 7. The first-order chi connectivity index (χ1) is 13.5. The smallest absolute Gasteiger partial charge is 0.260 e. The number of thiophene rings is 1. The molecule has 2 N–H and O–H groups in total. The minimum atomic E-state index is -1.49. The Morgan fingerprint density at radius 2 is 2.14 bits per heavy atom. The van der Waals surface area contributed by atoms with E-state index in [0.717, 1.165) is 29.3 Å². The average Bonchev–Trinajstić information content (AvgIpc) is 3.24. The molecule has 4 rings (SSSR count). The first-order valence-electron chi connectivity index (χ1n) is 8.65. The molecule has 2 aromatic heterocycles. The van der Waals surface area contributed by atoms with Crippen molar-refractivity contribution in [1.29, 1.82) is 0 Å². The second-order valence-electron chi connectivity index (χ2n) is 6.50. The topological polar surface area (TPSA) is 84.0 Å². The predicted molar refractivity (Wildman–Crippen MR) is 109 cm³/mol. The molecular weight excluding hydrogens is 419 g/mol. The van der Waals surface area contributed by atoms with Crippen molar-refractivity contribution in [3.05, 3.63) is 46.6 Å². The molecule has 146 valence electrons. The number of amides is 1. The van der Waals surface area contributed by atoms with Crippen molar-refractivity contribution in [2.24, 2.45) is 5.92 Å². The van der Waals surface area contributed by atoms with Gasteiger partial charge in [-0.3, -0.25) is 10.1 Å². The van der Waals surface area contributed by atoms with E-state index < -0.39 is 22.7 Å². The summed E-state index contributed by atoms with van der Waals surface area (Å²) in [7, 11) is -1.49. The maximum absolute atomic E-state index is 14.2. The highest BCUT2D eigenvalue weighted by Crippen LogP contribution is 2.33. The van der Waals surface area contributed by atoms with E-state index in [0.29, 0.717) is 22.4 Å². The van der Waals surface area contributed by atoms with Gasteiger partial charge in [0.2, 0.25) is 5.13 Å². The summed E-state index contributed by atoms with van der Waals surface area (Å²) in [6, 6.07) is 5.87. The van der Waals surface area contributed by atoms with Crippen LogP contribution in [0, 0.1) is 18.7 Å². The quantitative estimate of drug-likeness (QED) is 0.587. The summed E-state index contributed by atoms with van der Waals surface area (Å²) in [5.41, 5.74) is 0.905. The molecule has 0 saturated heterocycles. The molecule has 0 radical (unpaired) electrons. The molecule has 1 unspecified atom stereocenters. The van der Waals surface area contributed by atoms with Crippen LogP contribution in [0.5, 0.6) is 0 Å². The highest BCUT2D eigenvalue weighted by molar-refractivity contribution is 7.83. The number of nitrogens with zero attached hydrogens (tertiary/aromatic N) is 2. The number of benzene rings is 1. The maximum atomic E-state index is 14.2. The number of carbonyl (C=O) groups is 1. The van der Waals surface area contributed by atoms with Crippen LogP contribution in [0.4, 0.5) is 9.52 Å². The van der Waals surface area contributed by atoms with Gasteiger partial charge in [0.1, 0.15) is 16.8 Å². The van der Waals surface area contributed by atoms with E-state index in [-0.39, 0.29) is 10.7 Å². The summed E-state index contributed by atoms with van der Waals surface area (Å²) in [6.45, 7) is 2.63. The summed E-state index contributed by atoms with van der Waals surface area (Å²) in [5, 5.41) is 13.6. The number of hydrogen-bond donors (Lipinski definition) is 2. The average molecular weight is 437 g/mol. The van der Waals surface area contributed by atoms with E-state index >= 15 is 0 Å². The van der Waals surface area contributed by atoms with Gasteiger partial charge in [-0.1, -0.05) is 11.3 Å². The molecule has 0 spiro atoms. The minimum absolute atomic E-state index is 0.178. The summed E-state index contributed by atoms with van der Waals surface area (Å²) < 4.78 is 29.4. The fourth-order valence-electron chi connectivity index (χ4n) is 2.51. The van der Waals surface area contributed by atoms with E-state index in [1.54, 1.807) is 11.3 Å². The Balaban J connectivity index is 1.48. The Morgan fingerprint density at radius 1 is 1.32 bits per heavy atom. The van der Waals surface area contributed by atoms with Crippen LogP contribution in [-0.2, 0) is 11.0 Å². The van der Waals surface area contributed by atoms with Crippen LogP contribution in [0.1, 0.15) is 28.8 Å². The normalized spacial score (nSPS) is 14.8. The van der Waals surface area contributed by atoms with Gasteiger partial charge in [0, 0.05) is 6.54 Å². The largest absolute Gasteiger partial charge is 0.296 e. The second kappa shape index (κ2) is 8.16. The molecule has 6 nitrogen and oxygen atoms in total. The van der Waals surface area contributed by atoms with Crippen molar-refractivity contribution in [3.8, 4) is 9.88 Å². The molecule has 0 bridgehead atoms. The number of aromatic nitrogens is 2. The Labute approximate surface area is 171 Å².